The molecule has 15 heavy (non-hydrogen) atoms. The molecule has 0 aromatic carbocycles. The Hall–Kier alpha value is -0.120. The minimum absolute atomic E-state index is 0.804. The number of nitrogens with zero attached hydrogens (tertiary/aromatic N) is 2. The molecule has 0 aromatic rings. The number of rotatable bonds is 7. The highest BCUT2D eigenvalue weighted by Gasteiger charge is 2.21. The van der Waals surface area contributed by atoms with Crippen molar-refractivity contribution < 1.29 is 0 Å². The van der Waals surface area contributed by atoms with Crippen LogP contribution in [0.4, 0.5) is 0 Å². The summed E-state index contributed by atoms with van der Waals surface area (Å²) in [6, 6.07) is 0.829. The molecular formula is C12H27N3. The number of nitrogens with two attached hydrogens (primary N) is 1. The van der Waals surface area contributed by atoms with E-state index >= 15 is 0 Å². The molecule has 0 aliphatic heterocycles. The second-order valence-electron chi connectivity index (χ2n) is 4.92. The average molecular weight is 213 g/mol. The van der Waals surface area contributed by atoms with Crippen LogP contribution in [0, 0.1) is 0 Å². The van der Waals surface area contributed by atoms with Gasteiger partial charge in [0.15, 0.2) is 0 Å². The summed E-state index contributed by atoms with van der Waals surface area (Å²) >= 11 is 0. The first-order valence-corrected chi connectivity index (χ1v) is 6.33. The number of hydrogen-bond acceptors (Lipinski definition) is 3. The minimum atomic E-state index is 0.804. The molecule has 0 amide bonds. The summed E-state index contributed by atoms with van der Waals surface area (Å²) in [5.41, 5.74) is 5.68. The maximum Gasteiger partial charge on any atom is 0.0108 e. The van der Waals surface area contributed by atoms with Crippen LogP contribution >= 0.6 is 0 Å². The van der Waals surface area contributed by atoms with Crippen LogP contribution in [0.2, 0.25) is 0 Å². The molecule has 1 saturated carbocycles. The first-order valence-electron chi connectivity index (χ1n) is 6.33. The van der Waals surface area contributed by atoms with Gasteiger partial charge in [-0.15, -0.1) is 0 Å². The second-order valence-corrected chi connectivity index (χ2v) is 4.92. The van der Waals surface area contributed by atoms with Gasteiger partial charge in [0.25, 0.3) is 0 Å². The third-order valence-corrected chi connectivity index (χ3v) is 3.31. The lowest BCUT2D eigenvalue weighted by atomic mass is 10.2. The summed E-state index contributed by atoms with van der Waals surface area (Å²) < 4.78 is 0. The summed E-state index contributed by atoms with van der Waals surface area (Å²) in [5.74, 6) is 0. The molecule has 3 heteroatoms. The molecule has 2 N–H and O–H groups in total. The van der Waals surface area contributed by atoms with Gasteiger partial charge >= 0.3 is 0 Å². The fourth-order valence-electron chi connectivity index (χ4n) is 2.50. The predicted molar refractivity (Wildman–Crippen MR) is 66.1 cm³/mol. The fraction of sp³-hybridized carbons (Fsp3) is 1.00. The summed E-state index contributed by atoms with van der Waals surface area (Å²) in [5, 5.41) is 0. The fourth-order valence-corrected chi connectivity index (χ4v) is 2.50. The van der Waals surface area contributed by atoms with Gasteiger partial charge in [-0.05, 0) is 46.4 Å². The van der Waals surface area contributed by atoms with Gasteiger partial charge in [0.05, 0.1) is 0 Å². The van der Waals surface area contributed by atoms with Gasteiger partial charge in [-0.3, -0.25) is 4.90 Å². The molecule has 0 radical (unpaired) electrons. The lowest BCUT2D eigenvalue weighted by Crippen LogP contribution is -2.38. The molecule has 0 unspecified atom stereocenters. The minimum Gasteiger partial charge on any atom is -0.329 e. The van der Waals surface area contributed by atoms with Crippen molar-refractivity contribution in [3.63, 3.8) is 0 Å². The quantitative estimate of drug-likeness (QED) is 0.688. The van der Waals surface area contributed by atoms with Crippen LogP contribution in [-0.4, -0.2) is 56.1 Å². The molecule has 0 bridgehead atoms. The Kier molecular flexibility index (Phi) is 6.22. The summed E-state index contributed by atoms with van der Waals surface area (Å²) in [4.78, 5) is 4.87. The van der Waals surface area contributed by atoms with E-state index in [1.54, 1.807) is 0 Å². The van der Waals surface area contributed by atoms with E-state index in [-0.39, 0.29) is 0 Å². The summed E-state index contributed by atoms with van der Waals surface area (Å²) in [6.07, 6.45) is 6.88. The lowest BCUT2D eigenvalue weighted by Gasteiger charge is -2.28. The Balaban J connectivity index is 2.23. The normalized spacial score (nSPS) is 18.2. The Labute approximate surface area is 94.6 Å². The Morgan fingerprint density at radius 1 is 1.07 bits per heavy atom. The summed E-state index contributed by atoms with van der Waals surface area (Å²) in [6.45, 7) is 4.30. The standard InChI is InChI=1S/C12H27N3/c1-14(2)9-5-10-15(11-8-13)12-6-3-4-7-12/h12H,3-11,13H2,1-2H3. The highest BCUT2D eigenvalue weighted by Crippen LogP contribution is 2.23. The lowest BCUT2D eigenvalue weighted by molar-refractivity contribution is 0.194. The van der Waals surface area contributed by atoms with E-state index in [2.05, 4.69) is 23.9 Å². The molecule has 90 valence electrons. The zero-order valence-corrected chi connectivity index (χ0v) is 10.4. The average Bonchev–Trinajstić information content (AvgIpc) is 2.68. The third kappa shape index (κ3) is 4.96. The number of hydrogen-bond donors (Lipinski definition) is 1. The largest absolute Gasteiger partial charge is 0.329 e. The van der Waals surface area contributed by atoms with Crippen molar-refractivity contribution in [2.45, 2.75) is 38.1 Å². The monoisotopic (exact) mass is 213 g/mol. The van der Waals surface area contributed by atoms with Gasteiger partial charge in [-0.2, -0.15) is 0 Å². The summed E-state index contributed by atoms with van der Waals surface area (Å²) in [7, 11) is 4.28. The van der Waals surface area contributed by atoms with E-state index in [0.717, 1.165) is 19.1 Å². The van der Waals surface area contributed by atoms with Gasteiger partial charge in [-0.25, -0.2) is 0 Å². The van der Waals surface area contributed by atoms with Crippen molar-refractivity contribution >= 4 is 0 Å². The topological polar surface area (TPSA) is 32.5 Å². The molecule has 0 atom stereocenters. The first-order chi connectivity index (χ1) is 7.24. The Morgan fingerprint density at radius 3 is 2.27 bits per heavy atom. The molecule has 1 rings (SSSR count). The van der Waals surface area contributed by atoms with Crippen molar-refractivity contribution in [2.24, 2.45) is 5.73 Å². The van der Waals surface area contributed by atoms with Crippen LogP contribution in [-0.2, 0) is 0 Å². The van der Waals surface area contributed by atoms with Crippen LogP contribution in [0.15, 0.2) is 0 Å². The molecule has 0 aromatic heterocycles. The zero-order valence-electron chi connectivity index (χ0n) is 10.4. The molecule has 3 nitrogen and oxygen atoms in total. The van der Waals surface area contributed by atoms with Gasteiger partial charge in [-0.1, -0.05) is 12.8 Å². The highest BCUT2D eigenvalue weighted by molar-refractivity contribution is 4.77. The van der Waals surface area contributed by atoms with E-state index < -0.39 is 0 Å². The van der Waals surface area contributed by atoms with Crippen molar-refractivity contribution in [1.29, 1.82) is 0 Å². The maximum atomic E-state index is 5.68. The maximum absolute atomic E-state index is 5.68. The van der Waals surface area contributed by atoms with E-state index in [4.69, 9.17) is 5.73 Å². The highest BCUT2D eigenvalue weighted by atomic mass is 15.2. The van der Waals surface area contributed by atoms with E-state index in [9.17, 15) is 0 Å². The van der Waals surface area contributed by atoms with Crippen LogP contribution in [0.3, 0.4) is 0 Å². The SMILES string of the molecule is CN(C)CCCN(CCN)C1CCCC1. The Morgan fingerprint density at radius 2 is 1.73 bits per heavy atom. The van der Waals surface area contributed by atoms with Crippen LogP contribution < -0.4 is 5.73 Å². The molecule has 1 fully saturated rings. The van der Waals surface area contributed by atoms with Crippen LogP contribution in [0.1, 0.15) is 32.1 Å². The molecule has 0 heterocycles. The predicted octanol–water partition coefficient (Wildman–Crippen LogP) is 1.14. The van der Waals surface area contributed by atoms with E-state index in [1.807, 2.05) is 0 Å². The molecule has 0 saturated heterocycles. The van der Waals surface area contributed by atoms with Gasteiger partial charge in [0.2, 0.25) is 0 Å². The van der Waals surface area contributed by atoms with Crippen LogP contribution in [0.5, 0.6) is 0 Å². The van der Waals surface area contributed by atoms with Crippen molar-refractivity contribution in [1.82, 2.24) is 9.80 Å². The Bertz CT molecular complexity index is 153. The van der Waals surface area contributed by atoms with Crippen LogP contribution in [0.25, 0.3) is 0 Å². The second kappa shape index (κ2) is 7.20. The van der Waals surface area contributed by atoms with Crippen molar-refractivity contribution in [3.05, 3.63) is 0 Å². The molecule has 0 spiro atoms. The van der Waals surface area contributed by atoms with Gasteiger partial charge in [0, 0.05) is 19.1 Å². The first kappa shape index (κ1) is 12.9. The zero-order chi connectivity index (χ0) is 11.1. The van der Waals surface area contributed by atoms with Gasteiger partial charge in [0.1, 0.15) is 0 Å². The molecular weight excluding hydrogens is 186 g/mol. The van der Waals surface area contributed by atoms with Crippen molar-refractivity contribution in [3.8, 4) is 0 Å². The molecule has 1 aliphatic rings. The van der Waals surface area contributed by atoms with E-state index in [1.165, 1.54) is 45.2 Å². The third-order valence-electron chi connectivity index (χ3n) is 3.31. The van der Waals surface area contributed by atoms with E-state index in [0.29, 0.717) is 0 Å². The van der Waals surface area contributed by atoms with Crippen molar-refractivity contribution in [2.75, 3.05) is 40.3 Å². The smallest absolute Gasteiger partial charge is 0.0108 e. The van der Waals surface area contributed by atoms with Gasteiger partial charge < -0.3 is 10.6 Å². The molecule has 1 aliphatic carbocycles.